The molecule has 6 heteroatoms. The van der Waals surface area contributed by atoms with Crippen LogP contribution >= 0.6 is 11.6 Å². The Labute approximate surface area is 158 Å². The summed E-state index contributed by atoms with van der Waals surface area (Å²) in [6.07, 6.45) is 0. The van der Waals surface area contributed by atoms with E-state index in [1.54, 1.807) is 36.4 Å². The number of carbonyl (C=O) groups excluding carboxylic acids is 2. The first-order chi connectivity index (χ1) is 12.2. The summed E-state index contributed by atoms with van der Waals surface area (Å²) in [5.41, 5.74) is 0.801. The van der Waals surface area contributed by atoms with Crippen LogP contribution in [0.5, 0.6) is 5.75 Å². The molecule has 0 atom stereocenters. The minimum absolute atomic E-state index is 0.269. The summed E-state index contributed by atoms with van der Waals surface area (Å²) in [4.78, 5) is 24.1. The van der Waals surface area contributed by atoms with Gasteiger partial charge in [-0.3, -0.25) is 4.79 Å². The molecule has 0 aliphatic heterocycles. The Morgan fingerprint density at radius 1 is 1.04 bits per heavy atom. The molecule has 26 heavy (non-hydrogen) atoms. The maximum absolute atomic E-state index is 12.3. The quantitative estimate of drug-likeness (QED) is 0.775. The third-order valence-electron chi connectivity index (χ3n) is 3.26. The van der Waals surface area contributed by atoms with Crippen LogP contribution in [0.4, 0.5) is 0 Å². The van der Waals surface area contributed by atoms with E-state index in [1.807, 2.05) is 32.9 Å². The van der Waals surface area contributed by atoms with Gasteiger partial charge in [-0.15, -0.1) is 0 Å². The van der Waals surface area contributed by atoms with Gasteiger partial charge < -0.3 is 14.8 Å². The Morgan fingerprint density at radius 3 is 2.35 bits per heavy atom. The van der Waals surface area contributed by atoms with Gasteiger partial charge in [-0.05, 0) is 50.6 Å². The average Bonchev–Trinajstić information content (AvgIpc) is 2.58. The largest absolute Gasteiger partial charge is 0.488 e. The fraction of sp³-hybridized carbons (Fsp3) is 0.300. The van der Waals surface area contributed by atoms with Gasteiger partial charge in [0.15, 0.2) is 6.61 Å². The second-order valence-electron chi connectivity index (χ2n) is 6.79. The molecule has 0 saturated heterocycles. The predicted octanol–water partition coefficient (Wildman–Crippen LogP) is 3.99. The highest BCUT2D eigenvalue weighted by Gasteiger charge is 2.18. The van der Waals surface area contributed by atoms with Crippen molar-refractivity contribution in [3.63, 3.8) is 0 Å². The van der Waals surface area contributed by atoms with E-state index < -0.39 is 5.97 Å². The van der Waals surface area contributed by atoms with E-state index in [0.717, 1.165) is 5.56 Å². The van der Waals surface area contributed by atoms with E-state index in [9.17, 15) is 9.59 Å². The van der Waals surface area contributed by atoms with Gasteiger partial charge in [-0.25, -0.2) is 4.79 Å². The van der Waals surface area contributed by atoms with Crippen LogP contribution in [0.1, 0.15) is 36.7 Å². The van der Waals surface area contributed by atoms with Crippen LogP contribution in [-0.2, 0) is 16.1 Å². The molecule has 0 bridgehead atoms. The third-order valence-corrected chi connectivity index (χ3v) is 3.52. The Morgan fingerprint density at radius 2 is 1.69 bits per heavy atom. The molecule has 2 aromatic rings. The number of benzene rings is 2. The summed E-state index contributed by atoms with van der Waals surface area (Å²) >= 11 is 5.86. The number of ether oxygens (including phenoxy) is 2. The second-order valence-corrected chi connectivity index (χ2v) is 7.22. The summed E-state index contributed by atoms with van der Waals surface area (Å²) in [5.74, 6) is -0.574. The highest BCUT2D eigenvalue weighted by Crippen LogP contribution is 2.21. The van der Waals surface area contributed by atoms with Crippen molar-refractivity contribution < 1.29 is 19.1 Å². The number of rotatable bonds is 6. The minimum Gasteiger partial charge on any atom is -0.488 e. The summed E-state index contributed by atoms with van der Waals surface area (Å²) in [7, 11) is 0. The molecule has 2 aromatic carbocycles. The van der Waals surface area contributed by atoms with Gasteiger partial charge >= 0.3 is 5.97 Å². The molecule has 138 valence electrons. The lowest BCUT2D eigenvalue weighted by Gasteiger charge is -2.20. The van der Waals surface area contributed by atoms with Crippen molar-refractivity contribution in [1.29, 1.82) is 0 Å². The molecule has 0 saturated carbocycles. The number of amides is 1. The van der Waals surface area contributed by atoms with Gasteiger partial charge in [0.25, 0.3) is 5.91 Å². The summed E-state index contributed by atoms with van der Waals surface area (Å²) in [6.45, 7) is 5.50. The van der Waals surface area contributed by atoms with E-state index in [0.29, 0.717) is 10.8 Å². The lowest BCUT2D eigenvalue weighted by atomic mass is 10.1. The van der Waals surface area contributed by atoms with Crippen LogP contribution in [0, 0.1) is 0 Å². The third kappa shape index (κ3) is 6.41. The molecule has 1 amide bonds. The molecule has 0 aromatic heterocycles. The first-order valence-corrected chi connectivity index (χ1v) is 8.57. The Bertz CT molecular complexity index is 766. The van der Waals surface area contributed by atoms with Crippen LogP contribution in [0.3, 0.4) is 0 Å². The van der Waals surface area contributed by atoms with Gasteiger partial charge in [0, 0.05) is 10.6 Å². The zero-order chi connectivity index (χ0) is 19.2. The van der Waals surface area contributed by atoms with E-state index in [1.165, 1.54) is 0 Å². The topological polar surface area (TPSA) is 64.6 Å². The molecule has 0 spiro atoms. The van der Waals surface area contributed by atoms with Crippen LogP contribution < -0.4 is 10.1 Å². The summed E-state index contributed by atoms with van der Waals surface area (Å²) in [5, 5.41) is 3.38. The van der Waals surface area contributed by atoms with Gasteiger partial charge in [0.05, 0.1) is 0 Å². The van der Waals surface area contributed by atoms with Gasteiger partial charge in [-0.2, -0.15) is 0 Å². The predicted molar refractivity (Wildman–Crippen MR) is 100 cm³/mol. The molecular formula is C20H22ClNO4. The van der Waals surface area contributed by atoms with Crippen molar-refractivity contribution in [3.8, 4) is 5.75 Å². The first kappa shape index (κ1) is 19.8. The van der Waals surface area contributed by atoms with E-state index >= 15 is 0 Å². The van der Waals surface area contributed by atoms with Crippen molar-refractivity contribution in [2.75, 3.05) is 6.61 Å². The number of nitrogens with one attached hydrogen (secondary N) is 1. The zero-order valence-corrected chi connectivity index (χ0v) is 15.8. The van der Waals surface area contributed by atoms with Gasteiger partial charge in [0.1, 0.15) is 17.9 Å². The standard InChI is InChI=1S/C20H22ClNO4/c1-20(2,3)22-18(23)13-26-19(24)16-6-4-5-7-17(16)25-12-14-8-10-15(21)11-9-14/h4-11H,12-13H2,1-3H3,(H,22,23). The molecule has 0 fully saturated rings. The van der Waals surface area contributed by atoms with Crippen molar-refractivity contribution >= 4 is 23.5 Å². The molecule has 0 heterocycles. The average molecular weight is 376 g/mol. The van der Waals surface area contributed by atoms with Crippen molar-refractivity contribution in [2.24, 2.45) is 0 Å². The van der Waals surface area contributed by atoms with E-state index in [2.05, 4.69) is 5.32 Å². The lowest BCUT2D eigenvalue weighted by molar-refractivity contribution is -0.125. The fourth-order valence-electron chi connectivity index (χ4n) is 2.17. The molecule has 5 nitrogen and oxygen atoms in total. The second kappa shape index (κ2) is 8.72. The molecular weight excluding hydrogens is 354 g/mol. The van der Waals surface area contributed by atoms with Crippen LogP contribution in [-0.4, -0.2) is 24.0 Å². The Hall–Kier alpha value is -2.53. The SMILES string of the molecule is CC(C)(C)NC(=O)COC(=O)c1ccccc1OCc1ccc(Cl)cc1. The highest BCUT2D eigenvalue weighted by atomic mass is 35.5. The van der Waals surface area contributed by atoms with Crippen molar-refractivity contribution in [1.82, 2.24) is 5.32 Å². The number of hydrogen-bond donors (Lipinski definition) is 1. The van der Waals surface area contributed by atoms with Crippen LogP contribution in [0.25, 0.3) is 0 Å². The maximum atomic E-state index is 12.3. The fourth-order valence-corrected chi connectivity index (χ4v) is 2.29. The Balaban J connectivity index is 1.97. The highest BCUT2D eigenvalue weighted by molar-refractivity contribution is 6.30. The number of hydrogen-bond acceptors (Lipinski definition) is 4. The van der Waals surface area contributed by atoms with Crippen LogP contribution in [0.15, 0.2) is 48.5 Å². The molecule has 2 rings (SSSR count). The van der Waals surface area contributed by atoms with Gasteiger partial charge in [-0.1, -0.05) is 35.9 Å². The van der Waals surface area contributed by atoms with E-state index in [4.69, 9.17) is 21.1 Å². The smallest absolute Gasteiger partial charge is 0.342 e. The molecule has 0 unspecified atom stereocenters. The zero-order valence-electron chi connectivity index (χ0n) is 15.0. The molecule has 1 N–H and O–H groups in total. The molecule has 0 aliphatic rings. The first-order valence-electron chi connectivity index (χ1n) is 8.19. The lowest BCUT2D eigenvalue weighted by Crippen LogP contribution is -2.42. The van der Waals surface area contributed by atoms with Gasteiger partial charge in [0.2, 0.25) is 0 Å². The van der Waals surface area contributed by atoms with E-state index in [-0.39, 0.29) is 30.2 Å². The van der Waals surface area contributed by atoms with Crippen LogP contribution in [0.2, 0.25) is 5.02 Å². The molecule has 0 radical (unpaired) electrons. The number of esters is 1. The minimum atomic E-state index is -0.610. The monoisotopic (exact) mass is 375 g/mol. The molecule has 0 aliphatic carbocycles. The van der Waals surface area contributed by atoms with Crippen molar-refractivity contribution in [2.45, 2.75) is 32.9 Å². The number of carbonyl (C=O) groups is 2. The van der Waals surface area contributed by atoms with Crippen molar-refractivity contribution in [3.05, 3.63) is 64.7 Å². The summed E-state index contributed by atoms with van der Waals surface area (Å²) in [6, 6.07) is 14.0. The number of halogens is 1. The summed E-state index contributed by atoms with van der Waals surface area (Å²) < 4.78 is 10.8. The normalized spacial score (nSPS) is 10.9. The Kier molecular flexibility index (Phi) is 6.64. The maximum Gasteiger partial charge on any atom is 0.342 e. The number of para-hydroxylation sites is 1.